The summed E-state index contributed by atoms with van der Waals surface area (Å²) in [4.78, 5) is 12.9. The minimum atomic E-state index is -0.401. The van der Waals surface area contributed by atoms with E-state index >= 15 is 0 Å². The second-order valence-electron chi connectivity index (χ2n) is 3.18. The van der Waals surface area contributed by atoms with Crippen molar-refractivity contribution in [1.29, 1.82) is 5.26 Å². The minimum absolute atomic E-state index is 0.118. The molecule has 2 rings (SSSR count). The number of carbonyl (C=O) groups is 1. The van der Waals surface area contributed by atoms with Gasteiger partial charge < -0.3 is 10.6 Å². The SMILES string of the molecule is N#Cc1ccccc1N1CC(N)C1=O. The molecule has 1 fully saturated rings. The first-order valence-corrected chi connectivity index (χ1v) is 4.30. The number of para-hydroxylation sites is 1. The monoisotopic (exact) mass is 187 g/mol. The standard InChI is InChI=1S/C10H9N3O/c11-5-7-3-1-2-4-9(7)13-6-8(12)10(13)14/h1-4,8H,6,12H2. The van der Waals surface area contributed by atoms with Gasteiger partial charge in [0.25, 0.3) is 0 Å². The summed E-state index contributed by atoms with van der Waals surface area (Å²) in [5.41, 5.74) is 6.63. The van der Waals surface area contributed by atoms with Crippen molar-refractivity contribution in [3.05, 3.63) is 29.8 Å². The van der Waals surface area contributed by atoms with Crippen LogP contribution in [0.3, 0.4) is 0 Å². The van der Waals surface area contributed by atoms with Gasteiger partial charge in [-0.25, -0.2) is 0 Å². The highest BCUT2D eigenvalue weighted by atomic mass is 16.2. The molecule has 0 bridgehead atoms. The van der Waals surface area contributed by atoms with Gasteiger partial charge in [-0.15, -0.1) is 0 Å². The van der Waals surface area contributed by atoms with Gasteiger partial charge in [-0.2, -0.15) is 5.26 Å². The van der Waals surface area contributed by atoms with Gasteiger partial charge >= 0.3 is 0 Å². The number of anilines is 1. The van der Waals surface area contributed by atoms with Gasteiger partial charge in [0, 0.05) is 0 Å². The van der Waals surface area contributed by atoms with E-state index in [0.29, 0.717) is 17.8 Å². The lowest BCUT2D eigenvalue weighted by atomic mass is 10.1. The molecule has 2 N–H and O–H groups in total. The van der Waals surface area contributed by atoms with Crippen LogP contribution in [0.2, 0.25) is 0 Å². The fourth-order valence-corrected chi connectivity index (χ4v) is 1.47. The summed E-state index contributed by atoms with van der Waals surface area (Å²) in [7, 11) is 0. The molecule has 4 heteroatoms. The quantitative estimate of drug-likeness (QED) is 0.640. The fraction of sp³-hybridized carbons (Fsp3) is 0.200. The Bertz CT molecular complexity index is 422. The molecule has 1 amide bonds. The maximum Gasteiger partial charge on any atom is 0.245 e. The molecule has 0 aromatic heterocycles. The van der Waals surface area contributed by atoms with Gasteiger partial charge in [0.15, 0.2) is 0 Å². The van der Waals surface area contributed by atoms with Crippen LogP contribution in [0.1, 0.15) is 5.56 Å². The Kier molecular flexibility index (Phi) is 1.95. The molecule has 0 aliphatic carbocycles. The maximum absolute atomic E-state index is 11.3. The van der Waals surface area contributed by atoms with Gasteiger partial charge in [0.2, 0.25) is 5.91 Å². The van der Waals surface area contributed by atoms with Gasteiger partial charge in [-0.3, -0.25) is 4.79 Å². The van der Waals surface area contributed by atoms with Crippen molar-refractivity contribution in [1.82, 2.24) is 0 Å². The second kappa shape index (κ2) is 3.13. The predicted molar refractivity (Wildman–Crippen MR) is 51.5 cm³/mol. The molecular formula is C10H9N3O. The number of amides is 1. The third-order valence-corrected chi connectivity index (χ3v) is 2.28. The topological polar surface area (TPSA) is 70.1 Å². The van der Waals surface area contributed by atoms with Crippen LogP contribution in [0.4, 0.5) is 5.69 Å². The van der Waals surface area contributed by atoms with Crippen LogP contribution in [0.25, 0.3) is 0 Å². The van der Waals surface area contributed by atoms with E-state index in [0.717, 1.165) is 0 Å². The molecule has 0 spiro atoms. The molecule has 1 heterocycles. The molecule has 1 aromatic rings. The van der Waals surface area contributed by atoms with E-state index < -0.39 is 6.04 Å². The molecule has 0 radical (unpaired) electrons. The van der Waals surface area contributed by atoms with Crippen LogP contribution >= 0.6 is 0 Å². The number of rotatable bonds is 1. The van der Waals surface area contributed by atoms with Crippen LogP contribution in [0.5, 0.6) is 0 Å². The fourth-order valence-electron chi connectivity index (χ4n) is 1.47. The lowest BCUT2D eigenvalue weighted by Crippen LogP contribution is -2.61. The summed E-state index contributed by atoms with van der Waals surface area (Å²) in [5.74, 6) is -0.118. The zero-order valence-electron chi connectivity index (χ0n) is 7.47. The van der Waals surface area contributed by atoms with Crippen molar-refractivity contribution >= 4 is 11.6 Å². The highest BCUT2D eigenvalue weighted by Gasteiger charge is 2.35. The Morgan fingerprint density at radius 3 is 2.79 bits per heavy atom. The van der Waals surface area contributed by atoms with Crippen molar-refractivity contribution < 1.29 is 4.79 Å². The molecule has 1 unspecified atom stereocenters. The van der Waals surface area contributed by atoms with E-state index in [9.17, 15) is 4.79 Å². The lowest BCUT2D eigenvalue weighted by Gasteiger charge is -2.36. The van der Waals surface area contributed by atoms with E-state index in [-0.39, 0.29) is 5.91 Å². The summed E-state index contributed by atoms with van der Waals surface area (Å²) >= 11 is 0. The van der Waals surface area contributed by atoms with Crippen LogP contribution in [0.15, 0.2) is 24.3 Å². The molecular weight excluding hydrogens is 178 g/mol. The molecule has 0 saturated carbocycles. The average Bonchev–Trinajstić information content (AvgIpc) is 2.25. The Labute approximate surface area is 81.5 Å². The van der Waals surface area contributed by atoms with Gasteiger partial charge in [0.05, 0.1) is 17.8 Å². The molecule has 70 valence electrons. The first-order chi connectivity index (χ1) is 6.74. The van der Waals surface area contributed by atoms with Gasteiger partial charge in [-0.1, -0.05) is 12.1 Å². The first-order valence-electron chi connectivity index (χ1n) is 4.30. The Morgan fingerprint density at radius 2 is 2.21 bits per heavy atom. The van der Waals surface area contributed by atoms with Crippen molar-refractivity contribution in [3.63, 3.8) is 0 Å². The van der Waals surface area contributed by atoms with Gasteiger partial charge in [0.1, 0.15) is 12.1 Å². The summed E-state index contributed by atoms with van der Waals surface area (Å²) in [6.45, 7) is 0.498. The smallest absolute Gasteiger partial charge is 0.245 e. The number of carbonyl (C=O) groups excluding carboxylic acids is 1. The average molecular weight is 187 g/mol. The number of nitriles is 1. The lowest BCUT2D eigenvalue weighted by molar-refractivity contribution is -0.123. The van der Waals surface area contributed by atoms with Gasteiger partial charge in [-0.05, 0) is 12.1 Å². The summed E-state index contributed by atoms with van der Waals surface area (Å²) in [5, 5.41) is 8.82. The molecule has 1 atom stereocenters. The van der Waals surface area contributed by atoms with Crippen LogP contribution in [-0.4, -0.2) is 18.5 Å². The second-order valence-corrected chi connectivity index (χ2v) is 3.18. The number of β-lactam (4-membered cyclic amide) rings is 1. The zero-order chi connectivity index (χ0) is 10.1. The van der Waals surface area contributed by atoms with Crippen molar-refractivity contribution in [2.75, 3.05) is 11.4 Å². The minimum Gasteiger partial charge on any atom is -0.318 e. The predicted octanol–water partition coefficient (Wildman–Crippen LogP) is 0.232. The third-order valence-electron chi connectivity index (χ3n) is 2.28. The first kappa shape index (κ1) is 8.73. The molecule has 1 aliphatic rings. The van der Waals surface area contributed by atoms with Crippen LogP contribution < -0.4 is 10.6 Å². The summed E-state index contributed by atoms with van der Waals surface area (Å²) in [6, 6.07) is 8.65. The Balaban J connectivity index is 2.34. The molecule has 1 aromatic carbocycles. The van der Waals surface area contributed by atoms with E-state index in [1.807, 2.05) is 6.07 Å². The van der Waals surface area contributed by atoms with Crippen molar-refractivity contribution in [3.8, 4) is 6.07 Å². The molecule has 14 heavy (non-hydrogen) atoms. The number of nitrogens with two attached hydrogens (primary N) is 1. The third kappa shape index (κ3) is 1.15. The number of benzene rings is 1. The zero-order valence-corrected chi connectivity index (χ0v) is 7.47. The van der Waals surface area contributed by atoms with Crippen molar-refractivity contribution in [2.24, 2.45) is 5.73 Å². The highest BCUT2D eigenvalue weighted by molar-refractivity contribution is 6.04. The number of hydrogen-bond acceptors (Lipinski definition) is 3. The van der Waals surface area contributed by atoms with E-state index in [2.05, 4.69) is 0 Å². The Morgan fingerprint density at radius 1 is 1.50 bits per heavy atom. The van der Waals surface area contributed by atoms with Crippen LogP contribution in [-0.2, 0) is 4.79 Å². The van der Waals surface area contributed by atoms with Crippen molar-refractivity contribution in [2.45, 2.75) is 6.04 Å². The molecule has 1 saturated heterocycles. The van der Waals surface area contributed by atoms with E-state index in [1.165, 1.54) is 4.90 Å². The number of hydrogen-bond donors (Lipinski definition) is 1. The normalized spacial score (nSPS) is 20.1. The summed E-state index contributed by atoms with van der Waals surface area (Å²) in [6.07, 6.45) is 0. The summed E-state index contributed by atoms with van der Waals surface area (Å²) < 4.78 is 0. The molecule has 4 nitrogen and oxygen atoms in total. The van der Waals surface area contributed by atoms with Crippen LogP contribution in [0, 0.1) is 11.3 Å². The maximum atomic E-state index is 11.3. The molecule has 1 aliphatic heterocycles. The largest absolute Gasteiger partial charge is 0.318 e. The highest BCUT2D eigenvalue weighted by Crippen LogP contribution is 2.24. The number of nitrogens with zero attached hydrogens (tertiary/aromatic N) is 2. The van der Waals surface area contributed by atoms with E-state index in [1.54, 1.807) is 24.3 Å². The Hall–Kier alpha value is -1.86. The van der Waals surface area contributed by atoms with E-state index in [4.69, 9.17) is 11.0 Å².